The molecule has 0 atom stereocenters. The summed E-state index contributed by atoms with van der Waals surface area (Å²) in [5, 5.41) is 0. The minimum atomic E-state index is -3.89. The molecule has 0 radical (unpaired) electrons. The van der Waals surface area contributed by atoms with Crippen LogP contribution in [0, 0.1) is 0 Å². The van der Waals surface area contributed by atoms with Crippen LogP contribution in [0.5, 0.6) is 0 Å². The Hall–Kier alpha value is -1.99. The topological polar surface area (TPSA) is 51.2 Å². The van der Waals surface area contributed by atoms with Crippen molar-refractivity contribution in [2.24, 2.45) is 0 Å². The molecule has 0 aliphatic carbocycles. The maximum absolute atomic E-state index is 15.0. The molecule has 2 aromatic carbocycles. The number of carbonyl (C=O) groups is 2. The molecular weight excluding hydrogens is 487 g/mol. The lowest BCUT2D eigenvalue weighted by atomic mass is 9.94. The Kier molecular flexibility index (Phi) is 13.2. The zero-order chi connectivity index (χ0) is 28.3. The van der Waals surface area contributed by atoms with Gasteiger partial charge in [-0.15, -0.1) is 0 Å². The second-order valence-corrected chi connectivity index (χ2v) is 13.3. The fraction of sp³-hybridized carbons (Fsp3) is 0.588. The summed E-state index contributed by atoms with van der Waals surface area (Å²) in [6.07, 6.45) is 10.7. The highest BCUT2D eigenvalue weighted by Gasteiger charge is 2.43. The second-order valence-electron chi connectivity index (χ2n) is 10.5. The van der Waals surface area contributed by atoms with Crippen LogP contribution < -0.4 is 0 Å². The molecule has 0 bridgehead atoms. The third kappa shape index (κ3) is 7.35. The molecule has 0 aromatic heterocycles. The van der Waals surface area contributed by atoms with Crippen molar-refractivity contribution in [2.75, 3.05) is 6.16 Å². The molecule has 2 aromatic rings. The average molecular weight is 539 g/mol. The predicted molar refractivity (Wildman–Crippen MR) is 164 cm³/mol. The quantitative estimate of drug-likeness (QED) is 0.149. The van der Waals surface area contributed by atoms with Crippen molar-refractivity contribution in [2.45, 2.75) is 126 Å². The van der Waals surface area contributed by atoms with Gasteiger partial charge in [0.1, 0.15) is 0 Å². The number of benzene rings is 2. The van der Waals surface area contributed by atoms with Crippen LogP contribution in [0.4, 0.5) is 0 Å². The largest absolute Gasteiger partial charge is 0.307 e. The molecule has 0 fully saturated rings. The Bertz CT molecular complexity index is 1010. The highest BCUT2D eigenvalue weighted by atomic mass is 31.2. The number of hydrogen-bond acceptors (Lipinski definition) is 3. The van der Waals surface area contributed by atoms with Crippen LogP contribution in [-0.4, -0.2) is 17.2 Å². The molecule has 0 amide bonds. The number of hydrogen-bond donors (Lipinski definition) is 0. The van der Waals surface area contributed by atoms with Gasteiger partial charge >= 0.3 is 0 Å². The maximum atomic E-state index is 15.0. The van der Waals surface area contributed by atoms with Gasteiger partial charge in [0.05, 0.1) is 0 Å². The van der Waals surface area contributed by atoms with Crippen LogP contribution in [0.15, 0.2) is 24.3 Å². The number of carbonyl (C=O) groups excluding carboxylic acids is 2. The molecule has 0 heterocycles. The van der Waals surface area contributed by atoms with Crippen molar-refractivity contribution in [3.05, 3.63) is 68.8 Å². The monoisotopic (exact) mass is 538 g/mol. The summed E-state index contributed by atoms with van der Waals surface area (Å²) < 4.78 is 15.0. The van der Waals surface area contributed by atoms with E-state index in [1.54, 1.807) is 0 Å². The van der Waals surface area contributed by atoms with E-state index < -0.39 is 18.2 Å². The van der Waals surface area contributed by atoms with E-state index in [0.717, 1.165) is 60.8 Å². The van der Waals surface area contributed by atoms with Gasteiger partial charge in [0.15, 0.2) is 0 Å². The standard InChI is InChI=1S/C34H51O3P/c1-8-15-16-17-18-19-20-38(37,33(35)31-27(11-4)21-25(9-2)22-28(31)12-5)34(36)32-29(13-6)23-26(10-3)24-30(32)14-7/h21-24H,8-20H2,1-7H3. The first-order valence-electron chi connectivity index (χ1n) is 15.2. The first-order chi connectivity index (χ1) is 18.3. The molecule has 0 aliphatic heterocycles. The summed E-state index contributed by atoms with van der Waals surface area (Å²) in [5.74, 6) is 0. The fourth-order valence-corrected chi connectivity index (χ4v) is 8.08. The number of rotatable bonds is 17. The first kappa shape index (κ1) is 32.2. The number of aryl methyl sites for hydroxylation is 6. The molecule has 0 saturated heterocycles. The van der Waals surface area contributed by atoms with E-state index in [4.69, 9.17) is 0 Å². The van der Waals surface area contributed by atoms with Crippen molar-refractivity contribution in [1.29, 1.82) is 0 Å². The van der Waals surface area contributed by atoms with Crippen LogP contribution >= 0.6 is 7.14 Å². The molecular formula is C34H51O3P. The smallest absolute Gasteiger partial charge is 0.229 e. The van der Waals surface area contributed by atoms with Gasteiger partial charge < -0.3 is 4.57 Å². The Morgan fingerprint density at radius 3 is 1.18 bits per heavy atom. The lowest BCUT2D eigenvalue weighted by Gasteiger charge is -2.23. The highest BCUT2D eigenvalue weighted by Crippen LogP contribution is 2.54. The summed E-state index contributed by atoms with van der Waals surface area (Å²) in [4.78, 5) is 28.9. The van der Waals surface area contributed by atoms with Gasteiger partial charge in [0.25, 0.3) is 0 Å². The molecule has 0 unspecified atom stereocenters. The Morgan fingerprint density at radius 2 is 0.868 bits per heavy atom. The summed E-state index contributed by atoms with van der Waals surface area (Å²) in [6.45, 7) is 14.6. The third-order valence-corrected chi connectivity index (χ3v) is 10.7. The minimum Gasteiger partial charge on any atom is -0.307 e. The van der Waals surface area contributed by atoms with E-state index >= 15 is 0 Å². The normalized spacial score (nSPS) is 11.7. The van der Waals surface area contributed by atoms with Gasteiger partial charge in [-0.2, -0.15) is 0 Å². The van der Waals surface area contributed by atoms with Crippen molar-refractivity contribution in [3.8, 4) is 0 Å². The van der Waals surface area contributed by atoms with Gasteiger partial charge in [-0.3, -0.25) is 9.59 Å². The van der Waals surface area contributed by atoms with Gasteiger partial charge in [-0.1, -0.05) is 105 Å². The summed E-state index contributed by atoms with van der Waals surface area (Å²) in [6, 6.07) is 8.32. The molecule has 0 N–H and O–H groups in total. The highest BCUT2D eigenvalue weighted by molar-refractivity contribution is 7.95. The zero-order valence-corrected chi connectivity index (χ0v) is 26.1. The van der Waals surface area contributed by atoms with Gasteiger partial charge in [0, 0.05) is 17.3 Å². The first-order valence-corrected chi connectivity index (χ1v) is 17.1. The van der Waals surface area contributed by atoms with E-state index in [9.17, 15) is 14.2 Å². The minimum absolute atomic E-state index is 0.167. The second kappa shape index (κ2) is 15.6. The van der Waals surface area contributed by atoms with Crippen LogP contribution in [0.25, 0.3) is 0 Å². The van der Waals surface area contributed by atoms with Crippen molar-refractivity contribution < 1.29 is 14.2 Å². The Labute approximate surface area is 232 Å². The van der Waals surface area contributed by atoms with Crippen LogP contribution in [0.2, 0.25) is 0 Å². The SMILES string of the molecule is CCCCCCCCP(=O)(C(=O)c1c(CC)cc(CC)cc1CC)C(=O)c1c(CC)cc(CC)cc1CC. The lowest BCUT2D eigenvalue weighted by molar-refractivity contribution is 0.103. The predicted octanol–water partition coefficient (Wildman–Crippen LogP) is 9.77. The molecule has 4 heteroatoms. The molecule has 0 saturated carbocycles. The van der Waals surface area contributed by atoms with Crippen molar-refractivity contribution >= 4 is 18.2 Å². The molecule has 38 heavy (non-hydrogen) atoms. The molecule has 3 nitrogen and oxygen atoms in total. The van der Waals surface area contributed by atoms with Crippen LogP contribution in [-0.2, 0) is 43.1 Å². The van der Waals surface area contributed by atoms with E-state index in [0.29, 0.717) is 43.2 Å². The maximum Gasteiger partial charge on any atom is 0.229 e. The average Bonchev–Trinajstić information content (AvgIpc) is 2.96. The van der Waals surface area contributed by atoms with E-state index in [-0.39, 0.29) is 6.16 Å². The van der Waals surface area contributed by atoms with Gasteiger partial charge in [-0.05, 0) is 78.3 Å². The molecule has 2 rings (SSSR count). The summed E-state index contributed by atoms with van der Waals surface area (Å²) in [5.41, 5.74) is 6.36. The summed E-state index contributed by atoms with van der Waals surface area (Å²) >= 11 is 0. The Balaban J connectivity index is 2.69. The lowest BCUT2D eigenvalue weighted by Crippen LogP contribution is -2.19. The van der Waals surface area contributed by atoms with Crippen LogP contribution in [0.3, 0.4) is 0 Å². The fourth-order valence-electron chi connectivity index (χ4n) is 5.52. The van der Waals surface area contributed by atoms with Gasteiger partial charge in [-0.25, -0.2) is 0 Å². The van der Waals surface area contributed by atoms with Crippen molar-refractivity contribution in [3.63, 3.8) is 0 Å². The molecule has 210 valence electrons. The van der Waals surface area contributed by atoms with E-state index in [1.165, 1.54) is 17.5 Å². The van der Waals surface area contributed by atoms with E-state index in [2.05, 4.69) is 45.0 Å². The van der Waals surface area contributed by atoms with E-state index in [1.807, 2.05) is 27.7 Å². The summed E-state index contributed by atoms with van der Waals surface area (Å²) in [7, 11) is -3.89. The van der Waals surface area contributed by atoms with Gasteiger partial charge in [0.2, 0.25) is 18.2 Å². The molecule has 0 aliphatic rings. The number of unbranched alkanes of at least 4 members (excludes halogenated alkanes) is 5. The third-order valence-electron chi connectivity index (χ3n) is 7.97. The molecule has 0 spiro atoms. The van der Waals surface area contributed by atoms with Crippen LogP contribution in [0.1, 0.15) is 141 Å². The Morgan fingerprint density at radius 1 is 0.526 bits per heavy atom. The van der Waals surface area contributed by atoms with Crippen molar-refractivity contribution in [1.82, 2.24) is 0 Å². The zero-order valence-electron chi connectivity index (χ0n) is 25.2.